The molecule has 1 aliphatic rings. The summed E-state index contributed by atoms with van der Waals surface area (Å²) in [6, 6.07) is 4.30. The molecule has 1 aromatic rings. The Bertz CT molecular complexity index is 508. The van der Waals surface area contributed by atoms with Gasteiger partial charge in [-0.25, -0.2) is 4.79 Å². The second kappa shape index (κ2) is 6.49. The molecular formula is C14H17NO5. The number of hydrogen-bond donors (Lipinski definition) is 1. The van der Waals surface area contributed by atoms with Crippen molar-refractivity contribution in [1.82, 2.24) is 4.90 Å². The third kappa shape index (κ3) is 3.34. The maximum atomic E-state index is 12.3. The van der Waals surface area contributed by atoms with E-state index in [1.165, 1.54) is 25.3 Å². The van der Waals surface area contributed by atoms with E-state index < -0.39 is 5.97 Å². The van der Waals surface area contributed by atoms with Crippen molar-refractivity contribution < 1.29 is 24.2 Å². The van der Waals surface area contributed by atoms with Crippen LogP contribution in [-0.4, -0.2) is 61.7 Å². The number of nitrogens with zero attached hydrogens (tertiary/aromatic N) is 1. The lowest BCUT2D eigenvalue weighted by molar-refractivity contribution is 0.0370. The highest BCUT2D eigenvalue weighted by Gasteiger charge is 2.19. The van der Waals surface area contributed by atoms with Gasteiger partial charge in [0.2, 0.25) is 0 Å². The van der Waals surface area contributed by atoms with E-state index in [4.69, 9.17) is 14.6 Å². The third-order valence-electron chi connectivity index (χ3n) is 3.22. The summed E-state index contributed by atoms with van der Waals surface area (Å²) in [4.78, 5) is 25.3. The molecular weight excluding hydrogens is 262 g/mol. The molecule has 0 unspecified atom stereocenters. The Morgan fingerprint density at radius 3 is 2.65 bits per heavy atom. The molecule has 0 radical (unpaired) electrons. The zero-order chi connectivity index (χ0) is 14.5. The monoisotopic (exact) mass is 279 g/mol. The Kier molecular flexibility index (Phi) is 4.70. The number of carboxylic acids is 1. The molecule has 1 aliphatic heterocycles. The number of methoxy groups -OCH3 is 1. The number of ketones is 1. The van der Waals surface area contributed by atoms with Crippen LogP contribution in [0.3, 0.4) is 0 Å². The maximum absolute atomic E-state index is 12.3. The summed E-state index contributed by atoms with van der Waals surface area (Å²) in [7, 11) is 1.46. The second-order valence-electron chi connectivity index (χ2n) is 4.53. The summed E-state index contributed by atoms with van der Waals surface area (Å²) in [5, 5.41) is 9.00. The molecule has 6 heteroatoms. The van der Waals surface area contributed by atoms with Crippen LogP contribution in [0.2, 0.25) is 0 Å². The van der Waals surface area contributed by atoms with E-state index in [1.54, 1.807) is 0 Å². The minimum absolute atomic E-state index is 0.0797. The highest BCUT2D eigenvalue weighted by atomic mass is 16.5. The molecule has 2 rings (SSSR count). The molecule has 0 bridgehead atoms. The van der Waals surface area contributed by atoms with Gasteiger partial charge in [-0.15, -0.1) is 0 Å². The van der Waals surface area contributed by atoms with Gasteiger partial charge >= 0.3 is 5.97 Å². The van der Waals surface area contributed by atoms with Gasteiger partial charge in [0.1, 0.15) is 5.75 Å². The van der Waals surface area contributed by atoms with Crippen molar-refractivity contribution in [2.24, 2.45) is 0 Å². The van der Waals surface area contributed by atoms with Gasteiger partial charge in [-0.05, 0) is 18.2 Å². The smallest absolute Gasteiger partial charge is 0.335 e. The zero-order valence-corrected chi connectivity index (χ0v) is 11.3. The van der Waals surface area contributed by atoms with E-state index in [-0.39, 0.29) is 17.9 Å². The molecule has 1 N–H and O–H groups in total. The first kappa shape index (κ1) is 14.5. The first-order valence-electron chi connectivity index (χ1n) is 6.36. The van der Waals surface area contributed by atoms with Crippen LogP contribution < -0.4 is 4.74 Å². The lowest BCUT2D eigenvalue weighted by Crippen LogP contribution is -2.39. The van der Waals surface area contributed by atoms with Crippen molar-refractivity contribution >= 4 is 11.8 Å². The average molecular weight is 279 g/mol. The van der Waals surface area contributed by atoms with Crippen LogP contribution >= 0.6 is 0 Å². The maximum Gasteiger partial charge on any atom is 0.335 e. The van der Waals surface area contributed by atoms with Crippen molar-refractivity contribution in [1.29, 1.82) is 0 Å². The molecule has 6 nitrogen and oxygen atoms in total. The van der Waals surface area contributed by atoms with Crippen LogP contribution in [0.1, 0.15) is 20.7 Å². The Morgan fingerprint density at radius 1 is 1.35 bits per heavy atom. The zero-order valence-electron chi connectivity index (χ0n) is 11.3. The van der Waals surface area contributed by atoms with Gasteiger partial charge in [0.15, 0.2) is 5.78 Å². The van der Waals surface area contributed by atoms with Crippen LogP contribution in [0.25, 0.3) is 0 Å². The lowest BCUT2D eigenvalue weighted by Gasteiger charge is -2.26. The topological polar surface area (TPSA) is 76.1 Å². The van der Waals surface area contributed by atoms with Gasteiger partial charge in [0.05, 0.1) is 38.0 Å². The number of hydrogen-bond acceptors (Lipinski definition) is 5. The van der Waals surface area contributed by atoms with E-state index in [9.17, 15) is 9.59 Å². The summed E-state index contributed by atoms with van der Waals surface area (Å²) in [6.45, 7) is 2.86. The number of carbonyl (C=O) groups is 2. The van der Waals surface area contributed by atoms with Crippen molar-refractivity contribution in [3.05, 3.63) is 29.3 Å². The average Bonchev–Trinajstić information content (AvgIpc) is 2.47. The second-order valence-corrected chi connectivity index (χ2v) is 4.53. The van der Waals surface area contributed by atoms with Crippen molar-refractivity contribution in [2.75, 3.05) is 40.0 Å². The summed E-state index contributed by atoms with van der Waals surface area (Å²) >= 11 is 0. The number of morpholine rings is 1. The Morgan fingerprint density at radius 2 is 2.05 bits per heavy atom. The van der Waals surface area contributed by atoms with E-state index in [2.05, 4.69) is 0 Å². The van der Waals surface area contributed by atoms with Crippen LogP contribution in [-0.2, 0) is 4.74 Å². The molecule has 0 amide bonds. The van der Waals surface area contributed by atoms with Gasteiger partial charge < -0.3 is 14.6 Å². The molecule has 1 aromatic carbocycles. The Balaban J connectivity index is 2.18. The number of Topliss-reactive ketones (excluding diaryl/α,β-unsaturated/α-hetero) is 1. The first-order chi connectivity index (χ1) is 9.61. The lowest BCUT2D eigenvalue weighted by atomic mass is 10.1. The summed E-state index contributed by atoms with van der Waals surface area (Å²) in [6.07, 6.45) is 0. The quantitative estimate of drug-likeness (QED) is 0.807. The largest absolute Gasteiger partial charge is 0.496 e. The Hall–Kier alpha value is -1.92. The first-order valence-corrected chi connectivity index (χ1v) is 6.36. The number of rotatable bonds is 5. The number of benzene rings is 1. The van der Waals surface area contributed by atoms with E-state index in [0.29, 0.717) is 37.6 Å². The third-order valence-corrected chi connectivity index (χ3v) is 3.22. The van der Waals surface area contributed by atoms with E-state index in [1.807, 2.05) is 4.90 Å². The highest BCUT2D eigenvalue weighted by Crippen LogP contribution is 2.21. The summed E-state index contributed by atoms with van der Waals surface area (Å²) in [5.74, 6) is -0.812. The SMILES string of the molecule is COc1ccc(C(=O)O)cc1C(=O)CN1CCOCC1. The number of aromatic carboxylic acids is 1. The normalized spacial score (nSPS) is 15.8. The summed E-state index contributed by atoms with van der Waals surface area (Å²) < 4.78 is 10.4. The predicted octanol–water partition coefficient (Wildman–Crippen LogP) is 0.908. The highest BCUT2D eigenvalue weighted by molar-refractivity contribution is 6.02. The van der Waals surface area contributed by atoms with E-state index >= 15 is 0 Å². The van der Waals surface area contributed by atoms with Crippen molar-refractivity contribution in [3.63, 3.8) is 0 Å². The summed E-state index contributed by atoms with van der Waals surface area (Å²) in [5.41, 5.74) is 0.384. The van der Waals surface area contributed by atoms with Gasteiger partial charge in [-0.1, -0.05) is 0 Å². The molecule has 1 heterocycles. The number of ether oxygens (including phenoxy) is 2. The molecule has 0 aliphatic carbocycles. The van der Waals surface area contributed by atoms with Gasteiger partial charge in [0, 0.05) is 13.1 Å². The molecule has 0 saturated carbocycles. The minimum atomic E-state index is -1.06. The fourth-order valence-electron chi connectivity index (χ4n) is 2.11. The molecule has 0 spiro atoms. The molecule has 108 valence electrons. The van der Waals surface area contributed by atoms with Gasteiger partial charge in [-0.3, -0.25) is 9.69 Å². The van der Waals surface area contributed by atoms with Crippen LogP contribution in [0.15, 0.2) is 18.2 Å². The molecule has 0 aromatic heterocycles. The number of carboxylic acid groups (broad SMARTS) is 1. The fourth-order valence-corrected chi connectivity index (χ4v) is 2.11. The predicted molar refractivity (Wildman–Crippen MR) is 71.5 cm³/mol. The van der Waals surface area contributed by atoms with Crippen LogP contribution in [0.4, 0.5) is 0 Å². The molecule has 1 fully saturated rings. The van der Waals surface area contributed by atoms with Crippen LogP contribution in [0.5, 0.6) is 5.75 Å². The standard InChI is InChI=1S/C14H17NO5/c1-19-13-3-2-10(14(17)18)8-11(13)12(16)9-15-4-6-20-7-5-15/h2-3,8H,4-7,9H2,1H3,(H,17,18). The number of carbonyl (C=O) groups excluding carboxylic acids is 1. The Labute approximate surface area is 116 Å². The minimum Gasteiger partial charge on any atom is -0.496 e. The van der Waals surface area contributed by atoms with Gasteiger partial charge in [0.25, 0.3) is 0 Å². The molecule has 1 saturated heterocycles. The fraction of sp³-hybridized carbons (Fsp3) is 0.429. The molecule has 20 heavy (non-hydrogen) atoms. The van der Waals surface area contributed by atoms with Crippen molar-refractivity contribution in [3.8, 4) is 5.75 Å². The van der Waals surface area contributed by atoms with E-state index in [0.717, 1.165) is 0 Å². The van der Waals surface area contributed by atoms with Gasteiger partial charge in [-0.2, -0.15) is 0 Å². The van der Waals surface area contributed by atoms with Crippen molar-refractivity contribution in [2.45, 2.75) is 0 Å². The van der Waals surface area contributed by atoms with Crippen LogP contribution in [0, 0.1) is 0 Å². The molecule has 0 atom stereocenters.